The van der Waals surface area contributed by atoms with E-state index in [1.165, 1.54) is 10.0 Å². The number of thiophene rings is 1. The zero-order valence-corrected chi connectivity index (χ0v) is 12.7. The Bertz CT molecular complexity index is 314. The first-order valence-electron chi connectivity index (χ1n) is 5.59. The summed E-state index contributed by atoms with van der Waals surface area (Å²) in [6.45, 7) is 7.46. The van der Waals surface area contributed by atoms with E-state index in [0.717, 1.165) is 6.54 Å². The lowest BCUT2D eigenvalue weighted by atomic mass is 9.95. The summed E-state index contributed by atoms with van der Waals surface area (Å²) < 4.78 is 6.80. The van der Waals surface area contributed by atoms with Crippen molar-refractivity contribution in [3.05, 3.63) is 20.8 Å². The molecule has 0 aliphatic carbocycles. The van der Waals surface area contributed by atoms with Gasteiger partial charge in [-0.1, -0.05) is 20.8 Å². The van der Waals surface area contributed by atoms with Crippen molar-refractivity contribution in [1.29, 1.82) is 0 Å². The van der Waals surface area contributed by atoms with Gasteiger partial charge in [-0.25, -0.2) is 0 Å². The predicted octanol–water partition coefficient (Wildman–Crippen LogP) is 3.83. The maximum atomic E-state index is 5.63. The summed E-state index contributed by atoms with van der Waals surface area (Å²) in [6, 6.07) is 0.260. The lowest BCUT2D eigenvalue weighted by molar-refractivity contribution is 0.0330. The number of ether oxygens (including phenoxy) is 1. The van der Waals surface area contributed by atoms with Crippen LogP contribution in [0.1, 0.15) is 32.4 Å². The second-order valence-electron chi connectivity index (χ2n) is 4.15. The second kappa shape index (κ2) is 6.74. The van der Waals surface area contributed by atoms with E-state index in [1.54, 1.807) is 18.4 Å². The molecule has 1 aromatic heterocycles. The van der Waals surface area contributed by atoms with Gasteiger partial charge in [0.25, 0.3) is 0 Å². The Morgan fingerprint density at radius 2 is 2.12 bits per heavy atom. The zero-order valence-electron chi connectivity index (χ0n) is 10.3. The molecule has 0 saturated heterocycles. The average Bonchev–Trinajstić information content (AvgIpc) is 2.63. The minimum atomic E-state index is 0.200. The monoisotopic (exact) mass is 305 g/mol. The van der Waals surface area contributed by atoms with Crippen molar-refractivity contribution < 1.29 is 4.74 Å². The highest BCUT2D eigenvalue weighted by Crippen LogP contribution is 2.32. The molecule has 0 radical (unpaired) electrons. The summed E-state index contributed by atoms with van der Waals surface area (Å²) in [7, 11) is 1.79. The Balaban J connectivity index is 2.93. The molecule has 2 nitrogen and oxygen atoms in total. The maximum absolute atomic E-state index is 5.63. The molecule has 92 valence electrons. The molecule has 0 fully saturated rings. The molecule has 0 aliphatic rings. The molecule has 0 bridgehead atoms. The fourth-order valence-corrected chi connectivity index (χ4v) is 3.51. The first-order valence-corrected chi connectivity index (χ1v) is 7.33. The number of methoxy groups -OCH3 is 1. The molecule has 0 aliphatic heterocycles. The Morgan fingerprint density at radius 3 is 2.50 bits per heavy atom. The lowest BCUT2D eigenvalue weighted by Gasteiger charge is -2.29. The fourth-order valence-electron chi connectivity index (χ4n) is 1.93. The van der Waals surface area contributed by atoms with Gasteiger partial charge in [-0.05, 0) is 39.3 Å². The van der Waals surface area contributed by atoms with Crippen LogP contribution in [0.25, 0.3) is 0 Å². The van der Waals surface area contributed by atoms with Gasteiger partial charge >= 0.3 is 0 Å². The van der Waals surface area contributed by atoms with Gasteiger partial charge < -0.3 is 10.1 Å². The Labute approximate surface area is 111 Å². The second-order valence-corrected chi connectivity index (χ2v) is 5.75. The maximum Gasteiger partial charge on any atom is 0.0789 e. The first kappa shape index (κ1) is 14.2. The van der Waals surface area contributed by atoms with Crippen molar-refractivity contribution in [2.24, 2.45) is 5.92 Å². The molecule has 0 saturated carbocycles. The van der Waals surface area contributed by atoms with Crippen molar-refractivity contribution in [3.8, 4) is 0 Å². The summed E-state index contributed by atoms with van der Waals surface area (Å²) in [5, 5.41) is 7.81. The summed E-state index contributed by atoms with van der Waals surface area (Å²) >= 11 is 5.32. The molecule has 0 spiro atoms. The fraction of sp³-hybridized carbons (Fsp3) is 0.667. The van der Waals surface area contributed by atoms with Crippen molar-refractivity contribution in [3.63, 3.8) is 0 Å². The van der Waals surface area contributed by atoms with Gasteiger partial charge in [0, 0.05) is 17.0 Å². The van der Waals surface area contributed by atoms with Crippen molar-refractivity contribution in [1.82, 2.24) is 5.32 Å². The highest BCUT2D eigenvalue weighted by Gasteiger charge is 2.27. The van der Waals surface area contributed by atoms with E-state index in [9.17, 15) is 0 Å². The summed E-state index contributed by atoms with van der Waals surface area (Å²) in [5.74, 6) is 0.487. The molecular formula is C12H20BrNOS. The number of rotatable bonds is 6. The third-order valence-electron chi connectivity index (χ3n) is 2.66. The molecule has 0 amide bonds. The number of halogens is 1. The molecule has 4 heteroatoms. The van der Waals surface area contributed by atoms with Crippen molar-refractivity contribution >= 4 is 27.3 Å². The van der Waals surface area contributed by atoms with E-state index in [1.807, 2.05) is 0 Å². The van der Waals surface area contributed by atoms with Crippen LogP contribution in [0.3, 0.4) is 0 Å². The Morgan fingerprint density at radius 1 is 1.44 bits per heavy atom. The van der Waals surface area contributed by atoms with Crippen LogP contribution >= 0.6 is 27.3 Å². The first-order chi connectivity index (χ1) is 7.61. The third kappa shape index (κ3) is 3.29. The molecule has 1 N–H and O–H groups in total. The van der Waals surface area contributed by atoms with Crippen molar-refractivity contribution in [2.45, 2.75) is 32.9 Å². The van der Waals surface area contributed by atoms with Gasteiger partial charge in [0.05, 0.1) is 12.1 Å². The number of hydrogen-bond donors (Lipinski definition) is 1. The van der Waals surface area contributed by atoms with Crippen LogP contribution < -0.4 is 5.32 Å². The largest absolute Gasteiger partial charge is 0.379 e. The zero-order chi connectivity index (χ0) is 12.1. The van der Waals surface area contributed by atoms with Gasteiger partial charge in [-0.2, -0.15) is 11.3 Å². The number of hydrogen-bond acceptors (Lipinski definition) is 3. The minimum absolute atomic E-state index is 0.200. The third-order valence-corrected chi connectivity index (χ3v) is 4.41. The van der Waals surface area contributed by atoms with Gasteiger partial charge in [0.2, 0.25) is 0 Å². The van der Waals surface area contributed by atoms with Crippen LogP contribution in [0.2, 0.25) is 0 Å². The summed E-state index contributed by atoms with van der Waals surface area (Å²) in [4.78, 5) is 0. The topological polar surface area (TPSA) is 21.3 Å². The van der Waals surface area contributed by atoms with E-state index in [-0.39, 0.29) is 12.1 Å². The van der Waals surface area contributed by atoms with E-state index in [2.05, 4.69) is 52.8 Å². The summed E-state index contributed by atoms with van der Waals surface area (Å²) in [6.07, 6.45) is 0.200. The van der Waals surface area contributed by atoms with Gasteiger partial charge in [-0.3, -0.25) is 0 Å². The molecule has 1 aromatic rings. The molecule has 1 rings (SSSR count). The predicted molar refractivity (Wildman–Crippen MR) is 74.1 cm³/mol. The SMILES string of the molecule is CCNC(c1cscc1Br)C(OC)C(C)C. The molecular weight excluding hydrogens is 286 g/mol. The van der Waals surface area contributed by atoms with Crippen LogP contribution in [0.15, 0.2) is 15.2 Å². The van der Waals surface area contributed by atoms with E-state index in [4.69, 9.17) is 4.74 Å². The molecule has 0 aromatic carbocycles. The minimum Gasteiger partial charge on any atom is -0.379 e. The smallest absolute Gasteiger partial charge is 0.0789 e. The molecule has 2 atom stereocenters. The highest BCUT2D eigenvalue weighted by molar-refractivity contribution is 9.10. The van der Waals surface area contributed by atoms with Gasteiger partial charge in [0.15, 0.2) is 0 Å². The average molecular weight is 306 g/mol. The van der Waals surface area contributed by atoms with Crippen LogP contribution in [-0.2, 0) is 4.74 Å². The number of nitrogens with one attached hydrogen (secondary N) is 1. The molecule has 2 unspecified atom stereocenters. The normalized spacial score (nSPS) is 15.4. The van der Waals surface area contributed by atoms with Crippen LogP contribution in [0.4, 0.5) is 0 Å². The van der Waals surface area contributed by atoms with Crippen LogP contribution in [0, 0.1) is 5.92 Å². The van der Waals surface area contributed by atoms with Crippen LogP contribution in [0.5, 0.6) is 0 Å². The van der Waals surface area contributed by atoms with E-state index in [0.29, 0.717) is 5.92 Å². The van der Waals surface area contributed by atoms with Crippen LogP contribution in [-0.4, -0.2) is 19.8 Å². The molecule has 16 heavy (non-hydrogen) atoms. The number of likely N-dealkylation sites (N-methyl/N-ethyl adjacent to an activating group) is 1. The quantitative estimate of drug-likeness (QED) is 0.862. The van der Waals surface area contributed by atoms with Gasteiger partial charge in [0.1, 0.15) is 0 Å². The lowest BCUT2D eigenvalue weighted by Crippen LogP contribution is -2.36. The summed E-state index contributed by atoms with van der Waals surface area (Å²) in [5.41, 5.74) is 1.30. The van der Waals surface area contributed by atoms with E-state index >= 15 is 0 Å². The standard InChI is InChI=1S/C12H20BrNOS/c1-5-14-11(12(15-4)8(2)3)9-6-16-7-10(9)13/h6-8,11-12,14H,5H2,1-4H3. The van der Waals surface area contributed by atoms with Gasteiger partial charge in [-0.15, -0.1) is 0 Å². The Kier molecular flexibility index (Phi) is 5.97. The molecule has 1 heterocycles. The van der Waals surface area contributed by atoms with Crippen molar-refractivity contribution in [2.75, 3.05) is 13.7 Å². The van der Waals surface area contributed by atoms with E-state index < -0.39 is 0 Å². The highest BCUT2D eigenvalue weighted by atomic mass is 79.9. The Hall–Kier alpha value is 0.1000.